The Balaban J connectivity index is 2.84. The summed E-state index contributed by atoms with van der Waals surface area (Å²) in [5.41, 5.74) is 0.850. The van der Waals surface area contributed by atoms with Gasteiger partial charge in [-0.2, -0.15) is 4.91 Å². The van der Waals surface area contributed by atoms with Gasteiger partial charge in [-0.15, -0.1) is 0 Å². The van der Waals surface area contributed by atoms with Crippen LogP contribution in [0.25, 0.3) is 0 Å². The van der Waals surface area contributed by atoms with Crippen LogP contribution in [0.3, 0.4) is 0 Å². The third kappa shape index (κ3) is 1.81. The maximum Gasteiger partial charge on any atom is 0.106 e. The van der Waals surface area contributed by atoms with E-state index in [9.17, 15) is 4.91 Å². The van der Waals surface area contributed by atoms with Crippen LogP contribution in [0.15, 0.2) is 29.4 Å². The van der Waals surface area contributed by atoms with Crippen LogP contribution in [0.4, 0.5) is 0 Å². The maximum atomic E-state index is 9.79. The molecule has 10 heavy (non-hydrogen) atoms. The minimum Gasteiger partial charge on any atom is -0.150 e. The summed E-state index contributed by atoms with van der Waals surface area (Å²) in [6.07, 6.45) is 0. The van der Waals surface area contributed by atoms with Crippen molar-refractivity contribution in [3.05, 3.63) is 39.8 Å². The van der Waals surface area contributed by atoms with E-state index in [4.69, 9.17) is 11.6 Å². The van der Waals surface area contributed by atoms with Gasteiger partial charge in [0.15, 0.2) is 0 Å². The molecule has 52 valence electrons. The van der Waals surface area contributed by atoms with Crippen molar-refractivity contribution in [3.63, 3.8) is 0 Å². The van der Waals surface area contributed by atoms with Crippen molar-refractivity contribution in [2.45, 2.75) is 6.54 Å². The van der Waals surface area contributed by atoms with Gasteiger partial charge in [0.25, 0.3) is 0 Å². The van der Waals surface area contributed by atoms with Crippen LogP contribution in [0, 0.1) is 4.91 Å². The Labute approximate surface area is 63.8 Å². The van der Waals surface area contributed by atoms with E-state index in [-0.39, 0.29) is 6.54 Å². The van der Waals surface area contributed by atoms with E-state index < -0.39 is 0 Å². The molecule has 0 bridgehead atoms. The zero-order chi connectivity index (χ0) is 7.40. The summed E-state index contributed by atoms with van der Waals surface area (Å²) in [5.74, 6) is 0. The van der Waals surface area contributed by atoms with Crippen LogP contribution < -0.4 is 0 Å². The molecule has 0 aliphatic rings. The van der Waals surface area contributed by atoms with Gasteiger partial charge in [-0.05, 0) is 17.7 Å². The molecule has 0 aliphatic carbocycles. The predicted octanol–water partition coefficient (Wildman–Crippen LogP) is 2.61. The Morgan fingerprint density at radius 1 is 1.50 bits per heavy atom. The lowest BCUT2D eigenvalue weighted by molar-refractivity contribution is 1.06. The highest BCUT2D eigenvalue weighted by Crippen LogP contribution is 2.10. The Morgan fingerprint density at radius 2 is 2.30 bits per heavy atom. The Hall–Kier alpha value is -0.890. The summed E-state index contributed by atoms with van der Waals surface area (Å²) < 4.78 is 0. The van der Waals surface area contributed by atoms with Crippen molar-refractivity contribution in [2.24, 2.45) is 5.18 Å². The number of hydrogen-bond donors (Lipinski definition) is 0. The topological polar surface area (TPSA) is 29.4 Å². The molecule has 0 saturated carbocycles. The van der Waals surface area contributed by atoms with Crippen LogP contribution in [0.1, 0.15) is 5.56 Å². The molecule has 0 saturated heterocycles. The summed E-state index contributed by atoms with van der Waals surface area (Å²) in [4.78, 5) is 9.79. The maximum absolute atomic E-state index is 9.79. The Bertz CT molecular complexity index is 237. The second-order valence-electron chi connectivity index (χ2n) is 1.92. The van der Waals surface area contributed by atoms with E-state index in [1.165, 1.54) is 0 Å². The largest absolute Gasteiger partial charge is 0.150 e. The first kappa shape index (κ1) is 7.22. The molecular formula is C7H6ClNO. The van der Waals surface area contributed by atoms with Gasteiger partial charge in [0.1, 0.15) is 6.54 Å². The van der Waals surface area contributed by atoms with Crippen molar-refractivity contribution < 1.29 is 0 Å². The smallest absolute Gasteiger partial charge is 0.106 e. The molecule has 0 aliphatic heterocycles. The third-order valence-electron chi connectivity index (χ3n) is 1.14. The minimum absolute atomic E-state index is 0.195. The minimum atomic E-state index is 0.195. The second kappa shape index (κ2) is 3.32. The van der Waals surface area contributed by atoms with Crippen LogP contribution in [0.5, 0.6) is 0 Å². The molecule has 1 rings (SSSR count). The molecule has 0 aromatic heterocycles. The van der Waals surface area contributed by atoms with Gasteiger partial charge in [0.05, 0.1) is 0 Å². The van der Waals surface area contributed by atoms with E-state index in [1.54, 1.807) is 18.2 Å². The quantitative estimate of drug-likeness (QED) is 0.604. The van der Waals surface area contributed by atoms with Gasteiger partial charge in [0, 0.05) is 5.02 Å². The van der Waals surface area contributed by atoms with Crippen LogP contribution >= 0.6 is 11.6 Å². The first-order chi connectivity index (χ1) is 4.83. The molecule has 0 N–H and O–H groups in total. The Kier molecular flexibility index (Phi) is 2.40. The highest BCUT2D eigenvalue weighted by atomic mass is 35.5. The normalized spacial score (nSPS) is 9.30. The molecule has 0 heterocycles. The van der Waals surface area contributed by atoms with Crippen molar-refractivity contribution in [1.29, 1.82) is 0 Å². The number of nitroso groups, excluding NO2 is 1. The lowest BCUT2D eigenvalue weighted by Gasteiger charge is -1.92. The molecule has 1 aromatic rings. The monoisotopic (exact) mass is 155 g/mol. The highest BCUT2D eigenvalue weighted by molar-refractivity contribution is 6.30. The molecule has 0 unspecified atom stereocenters. The third-order valence-corrected chi connectivity index (χ3v) is 1.37. The van der Waals surface area contributed by atoms with E-state index >= 15 is 0 Å². The standard InChI is InChI=1S/C7H6ClNO/c8-7-3-1-2-6(4-7)5-9-10/h1-4H,5H2. The SMILES string of the molecule is O=NCc1cccc(Cl)c1. The molecule has 2 nitrogen and oxygen atoms in total. The fraction of sp³-hybridized carbons (Fsp3) is 0.143. The van der Waals surface area contributed by atoms with Gasteiger partial charge in [0.2, 0.25) is 0 Å². The molecular weight excluding hydrogens is 150 g/mol. The molecule has 0 radical (unpaired) electrons. The number of hydrogen-bond acceptors (Lipinski definition) is 2. The first-order valence-electron chi connectivity index (χ1n) is 2.86. The van der Waals surface area contributed by atoms with Crippen molar-refractivity contribution in [3.8, 4) is 0 Å². The molecule has 0 atom stereocenters. The van der Waals surface area contributed by atoms with Crippen molar-refractivity contribution >= 4 is 11.6 Å². The lowest BCUT2D eigenvalue weighted by atomic mass is 10.2. The molecule has 0 amide bonds. The summed E-state index contributed by atoms with van der Waals surface area (Å²) in [6, 6.07) is 7.09. The van der Waals surface area contributed by atoms with E-state index in [2.05, 4.69) is 5.18 Å². The first-order valence-corrected chi connectivity index (χ1v) is 3.24. The number of rotatable bonds is 2. The average molecular weight is 156 g/mol. The summed E-state index contributed by atoms with van der Waals surface area (Å²) in [5, 5.41) is 3.38. The van der Waals surface area contributed by atoms with Crippen LogP contribution in [-0.2, 0) is 6.54 Å². The molecule has 0 fully saturated rings. The van der Waals surface area contributed by atoms with Crippen molar-refractivity contribution in [1.82, 2.24) is 0 Å². The van der Waals surface area contributed by atoms with Crippen LogP contribution in [-0.4, -0.2) is 0 Å². The molecule has 1 aromatic carbocycles. The summed E-state index contributed by atoms with van der Waals surface area (Å²) in [6.45, 7) is 0.195. The number of benzene rings is 1. The van der Waals surface area contributed by atoms with E-state index in [0.717, 1.165) is 5.56 Å². The zero-order valence-electron chi connectivity index (χ0n) is 5.25. The molecule has 3 heteroatoms. The number of nitrogens with zero attached hydrogens (tertiary/aromatic N) is 1. The van der Waals surface area contributed by atoms with Gasteiger partial charge in [-0.25, -0.2) is 0 Å². The fourth-order valence-electron chi connectivity index (χ4n) is 0.710. The van der Waals surface area contributed by atoms with E-state index in [0.29, 0.717) is 5.02 Å². The summed E-state index contributed by atoms with van der Waals surface area (Å²) >= 11 is 5.64. The number of halogens is 1. The molecule has 0 spiro atoms. The van der Waals surface area contributed by atoms with Crippen molar-refractivity contribution in [2.75, 3.05) is 0 Å². The van der Waals surface area contributed by atoms with Crippen LogP contribution in [0.2, 0.25) is 5.02 Å². The fourth-order valence-corrected chi connectivity index (χ4v) is 0.923. The van der Waals surface area contributed by atoms with Gasteiger partial charge in [-0.3, -0.25) is 0 Å². The summed E-state index contributed by atoms with van der Waals surface area (Å²) in [7, 11) is 0. The van der Waals surface area contributed by atoms with Gasteiger partial charge >= 0.3 is 0 Å². The van der Waals surface area contributed by atoms with Gasteiger partial charge < -0.3 is 0 Å². The van der Waals surface area contributed by atoms with Gasteiger partial charge in [-0.1, -0.05) is 28.9 Å². The second-order valence-corrected chi connectivity index (χ2v) is 2.35. The van der Waals surface area contributed by atoms with E-state index in [1.807, 2.05) is 6.07 Å². The highest BCUT2D eigenvalue weighted by Gasteiger charge is 1.91. The predicted molar refractivity (Wildman–Crippen MR) is 41.0 cm³/mol. The average Bonchev–Trinajstić information content (AvgIpc) is 1.88. The zero-order valence-corrected chi connectivity index (χ0v) is 6.01. The lowest BCUT2D eigenvalue weighted by Crippen LogP contribution is -1.77. The Morgan fingerprint density at radius 3 is 2.90 bits per heavy atom.